The van der Waals surface area contributed by atoms with Gasteiger partial charge in [0.2, 0.25) is 11.8 Å². The summed E-state index contributed by atoms with van der Waals surface area (Å²) in [7, 11) is 1.51. The Morgan fingerprint density at radius 3 is 2.60 bits per heavy atom. The van der Waals surface area contributed by atoms with Crippen LogP contribution >= 0.6 is 0 Å². The smallest absolute Gasteiger partial charge is 0.238 e. The van der Waals surface area contributed by atoms with E-state index in [1.165, 1.54) is 7.11 Å². The van der Waals surface area contributed by atoms with Gasteiger partial charge in [0.1, 0.15) is 5.75 Å². The molecule has 0 atom stereocenters. The number of methoxy groups -OCH3 is 1. The Kier molecular flexibility index (Phi) is 6.52. The molecule has 6 heteroatoms. The van der Waals surface area contributed by atoms with Crippen molar-refractivity contribution >= 4 is 23.2 Å². The molecule has 0 saturated carbocycles. The van der Waals surface area contributed by atoms with Crippen LogP contribution < -0.4 is 21.1 Å². The molecule has 6 nitrogen and oxygen atoms in total. The molecule has 0 aliphatic rings. The molecule has 0 heterocycles. The number of carbonyl (C=O) groups is 2. The Labute approximate surface area is 118 Å². The second kappa shape index (κ2) is 8.16. The van der Waals surface area contributed by atoms with E-state index in [1.54, 1.807) is 18.2 Å². The molecular formula is C14H21N3O3. The number of nitrogens with one attached hydrogen (secondary N) is 2. The van der Waals surface area contributed by atoms with Crippen LogP contribution in [0.3, 0.4) is 0 Å². The van der Waals surface area contributed by atoms with Crippen LogP contribution in [0.4, 0.5) is 11.4 Å². The second-order valence-corrected chi connectivity index (χ2v) is 4.32. The molecular weight excluding hydrogens is 258 g/mol. The van der Waals surface area contributed by atoms with E-state index in [9.17, 15) is 9.59 Å². The fourth-order valence-corrected chi connectivity index (χ4v) is 1.63. The maximum absolute atomic E-state index is 11.7. The molecule has 0 aliphatic carbocycles. The Morgan fingerprint density at radius 2 is 2.00 bits per heavy atom. The van der Waals surface area contributed by atoms with Crippen molar-refractivity contribution in [2.45, 2.75) is 26.2 Å². The minimum absolute atomic E-state index is 0.0520. The number of anilines is 2. The molecule has 0 bridgehead atoms. The molecule has 0 saturated heterocycles. The summed E-state index contributed by atoms with van der Waals surface area (Å²) >= 11 is 0. The minimum atomic E-state index is -0.285. The number of hydrogen-bond donors (Lipinski definition) is 3. The lowest BCUT2D eigenvalue weighted by Gasteiger charge is -2.12. The summed E-state index contributed by atoms with van der Waals surface area (Å²) in [5.41, 5.74) is 6.39. The van der Waals surface area contributed by atoms with Gasteiger partial charge in [-0.3, -0.25) is 9.59 Å². The Hall–Kier alpha value is -2.08. The van der Waals surface area contributed by atoms with E-state index in [0.29, 0.717) is 23.5 Å². The van der Waals surface area contributed by atoms with Crippen LogP contribution in [0.25, 0.3) is 0 Å². The predicted octanol–water partition coefficient (Wildman–Crippen LogP) is 1.72. The van der Waals surface area contributed by atoms with Crippen molar-refractivity contribution in [1.82, 2.24) is 0 Å². The van der Waals surface area contributed by atoms with Crippen molar-refractivity contribution in [3.8, 4) is 5.75 Å². The molecule has 1 aromatic carbocycles. The molecule has 110 valence electrons. The lowest BCUT2D eigenvalue weighted by Crippen LogP contribution is -2.21. The standard InChI is InChI=1S/C14H21N3O3/c1-3-4-5-13(18)17-11-7-6-10(8-12(11)20-2)16-14(19)9-15/h6-8H,3-5,9,15H2,1-2H3,(H,16,19)(H,17,18). The van der Waals surface area contributed by atoms with Gasteiger partial charge in [-0.15, -0.1) is 0 Å². The summed E-state index contributed by atoms with van der Waals surface area (Å²) in [5, 5.41) is 5.41. The molecule has 1 rings (SSSR count). The first-order chi connectivity index (χ1) is 9.60. The third-order valence-corrected chi connectivity index (χ3v) is 2.70. The molecule has 0 unspecified atom stereocenters. The normalized spacial score (nSPS) is 9.95. The molecule has 4 N–H and O–H groups in total. The largest absolute Gasteiger partial charge is 0.494 e. The topological polar surface area (TPSA) is 93.5 Å². The first-order valence-corrected chi connectivity index (χ1v) is 6.58. The van der Waals surface area contributed by atoms with Crippen LogP contribution in [-0.4, -0.2) is 25.5 Å². The van der Waals surface area contributed by atoms with Crippen LogP contribution in [0, 0.1) is 0 Å². The molecule has 1 aromatic rings. The minimum Gasteiger partial charge on any atom is -0.494 e. The maximum atomic E-state index is 11.7. The molecule has 0 fully saturated rings. The highest BCUT2D eigenvalue weighted by Gasteiger charge is 2.09. The van der Waals surface area contributed by atoms with Gasteiger partial charge >= 0.3 is 0 Å². The van der Waals surface area contributed by atoms with Gasteiger partial charge in [-0.05, 0) is 18.6 Å². The summed E-state index contributed by atoms with van der Waals surface area (Å²) in [4.78, 5) is 22.9. The Balaban J connectivity index is 2.77. The van der Waals surface area contributed by atoms with E-state index in [1.807, 2.05) is 6.92 Å². The van der Waals surface area contributed by atoms with Gasteiger partial charge in [-0.2, -0.15) is 0 Å². The summed E-state index contributed by atoms with van der Waals surface area (Å²) in [6, 6.07) is 5.02. The summed E-state index contributed by atoms with van der Waals surface area (Å²) in [6.07, 6.45) is 2.29. The van der Waals surface area contributed by atoms with Crippen LogP contribution in [-0.2, 0) is 9.59 Å². The third-order valence-electron chi connectivity index (χ3n) is 2.70. The lowest BCUT2D eigenvalue weighted by molar-refractivity contribution is -0.116. The highest BCUT2D eigenvalue weighted by Crippen LogP contribution is 2.28. The summed E-state index contributed by atoms with van der Waals surface area (Å²) in [5.74, 6) is 0.153. The van der Waals surface area contributed by atoms with E-state index in [4.69, 9.17) is 10.5 Å². The molecule has 0 spiro atoms. The van der Waals surface area contributed by atoms with Crippen molar-refractivity contribution in [2.24, 2.45) is 5.73 Å². The molecule has 20 heavy (non-hydrogen) atoms. The highest BCUT2D eigenvalue weighted by atomic mass is 16.5. The summed E-state index contributed by atoms with van der Waals surface area (Å²) < 4.78 is 5.21. The fourth-order valence-electron chi connectivity index (χ4n) is 1.63. The quantitative estimate of drug-likeness (QED) is 0.708. The highest BCUT2D eigenvalue weighted by molar-refractivity contribution is 5.95. The summed E-state index contributed by atoms with van der Waals surface area (Å²) in [6.45, 7) is 1.95. The predicted molar refractivity (Wildman–Crippen MR) is 78.8 cm³/mol. The number of hydrogen-bond acceptors (Lipinski definition) is 4. The molecule has 0 aromatic heterocycles. The second-order valence-electron chi connectivity index (χ2n) is 4.32. The van der Waals surface area contributed by atoms with E-state index in [-0.39, 0.29) is 18.4 Å². The zero-order valence-electron chi connectivity index (χ0n) is 11.9. The van der Waals surface area contributed by atoms with Gasteiger partial charge in [0.25, 0.3) is 0 Å². The van der Waals surface area contributed by atoms with Crippen LogP contribution in [0.5, 0.6) is 5.75 Å². The number of amides is 2. The number of unbranched alkanes of at least 4 members (excludes halogenated alkanes) is 1. The van der Waals surface area contributed by atoms with Crippen molar-refractivity contribution < 1.29 is 14.3 Å². The van der Waals surface area contributed by atoms with Crippen LogP contribution in [0.1, 0.15) is 26.2 Å². The zero-order chi connectivity index (χ0) is 15.0. The van der Waals surface area contributed by atoms with Crippen molar-refractivity contribution in [1.29, 1.82) is 0 Å². The monoisotopic (exact) mass is 279 g/mol. The first kappa shape index (κ1) is 16.0. The average molecular weight is 279 g/mol. The van der Waals surface area contributed by atoms with E-state index in [0.717, 1.165) is 12.8 Å². The fraction of sp³-hybridized carbons (Fsp3) is 0.429. The van der Waals surface area contributed by atoms with Gasteiger partial charge < -0.3 is 21.1 Å². The number of rotatable bonds is 7. The number of nitrogens with two attached hydrogens (primary N) is 1. The van der Waals surface area contributed by atoms with Crippen molar-refractivity contribution in [2.75, 3.05) is 24.3 Å². The molecule has 0 aliphatic heterocycles. The van der Waals surface area contributed by atoms with Crippen molar-refractivity contribution in [3.63, 3.8) is 0 Å². The van der Waals surface area contributed by atoms with E-state index >= 15 is 0 Å². The van der Waals surface area contributed by atoms with Crippen molar-refractivity contribution in [3.05, 3.63) is 18.2 Å². The zero-order valence-corrected chi connectivity index (χ0v) is 11.9. The number of ether oxygens (including phenoxy) is 1. The first-order valence-electron chi connectivity index (χ1n) is 6.58. The SMILES string of the molecule is CCCCC(=O)Nc1ccc(NC(=O)CN)cc1OC. The Bertz CT molecular complexity index is 475. The van der Waals surface area contributed by atoms with Gasteiger partial charge in [0.15, 0.2) is 0 Å². The number of benzene rings is 1. The van der Waals surface area contributed by atoms with Crippen LogP contribution in [0.15, 0.2) is 18.2 Å². The van der Waals surface area contributed by atoms with Gasteiger partial charge in [0, 0.05) is 18.2 Å². The average Bonchev–Trinajstić information content (AvgIpc) is 2.46. The van der Waals surface area contributed by atoms with Crippen LogP contribution in [0.2, 0.25) is 0 Å². The lowest BCUT2D eigenvalue weighted by atomic mass is 10.2. The number of carbonyl (C=O) groups excluding carboxylic acids is 2. The van der Waals surface area contributed by atoms with Gasteiger partial charge in [0.05, 0.1) is 19.3 Å². The molecule has 2 amide bonds. The van der Waals surface area contributed by atoms with E-state index in [2.05, 4.69) is 10.6 Å². The van der Waals surface area contributed by atoms with E-state index < -0.39 is 0 Å². The molecule has 0 radical (unpaired) electrons. The third kappa shape index (κ3) is 4.89. The van der Waals surface area contributed by atoms with Gasteiger partial charge in [-0.1, -0.05) is 13.3 Å². The Morgan fingerprint density at radius 1 is 1.25 bits per heavy atom. The maximum Gasteiger partial charge on any atom is 0.238 e. The van der Waals surface area contributed by atoms with Gasteiger partial charge in [-0.25, -0.2) is 0 Å².